The molecular weight excluding hydrogens is 226 g/mol. The van der Waals surface area contributed by atoms with Crippen molar-refractivity contribution in [2.45, 2.75) is 52.0 Å². The number of piperidine rings is 1. The van der Waals surface area contributed by atoms with Gasteiger partial charge in [0, 0.05) is 24.6 Å². The summed E-state index contributed by atoms with van der Waals surface area (Å²) in [6, 6.07) is 2.48. The van der Waals surface area contributed by atoms with Crippen LogP contribution >= 0.6 is 0 Å². The van der Waals surface area contributed by atoms with E-state index in [1.54, 1.807) is 0 Å². The molecule has 2 heterocycles. The summed E-state index contributed by atoms with van der Waals surface area (Å²) in [5.74, 6) is 8.33. The Bertz CT molecular complexity index is 404. The summed E-state index contributed by atoms with van der Waals surface area (Å²) in [5, 5.41) is 0. The van der Waals surface area contributed by atoms with Crippen LogP contribution in [0.5, 0.6) is 0 Å². The van der Waals surface area contributed by atoms with Gasteiger partial charge in [-0.1, -0.05) is 13.8 Å². The summed E-state index contributed by atoms with van der Waals surface area (Å²) in [6.07, 6.45) is 3.77. The molecule has 1 aliphatic heterocycles. The van der Waals surface area contributed by atoms with Crippen LogP contribution in [-0.2, 0) is 0 Å². The van der Waals surface area contributed by atoms with Gasteiger partial charge < -0.3 is 10.3 Å². The molecule has 1 aliphatic rings. The fourth-order valence-corrected chi connectivity index (χ4v) is 2.37. The van der Waals surface area contributed by atoms with Crippen LogP contribution < -0.4 is 16.2 Å². The molecule has 1 aromatic heterocycles. The Morgan fingerprint density at radius 3 is 2.78 bits per heavy atom. The summed E-state index contributed by atoms with van der Waals surface area (Å²) in [5.41, 5.74) is 2.64. The largest absolute Gasteiger partial charge is 0.354 e. The molecule has 0 aromatic carbocycles. The van der Waals surface area contributed by atoms with Crippen LogP contribution in [0.1, 0.15) is 51.8 Å². The second kappa shape index (κ2) is 5.52. The van der Waals surface area contributed by atoms with Crippen molar-refractivity contribution in [3.63, 3.8) is 0 Å². The van der Waals surface area contributed by atoms with Gasteiger partial charge in [0.1, 0.15) is 17.5 Å². The normalized spacial score (nSPS) is 20.3. The van der Waals surface area contributed by atoms with E-state index in [1.165, 1.54) is 19.3 Å². The van der Waals surface area contributed by atoms with Crippen molar-refractivity contribution in [2.75, 3.05) is 16.9 Å². The van der Waals surface area contributed by atoms with E-state index in [0.717, 1.165) is 18.2 Å². The Balaban J connectivity index is 2.33. The van der Waals surface area contributed by atoms with E-state index in [-0.39, 0.29) is 0 Å². The van der Waals surface area contributed by atoms with E-state index >= 15 is 0 Å². The highest BCUT2D eigenvalue weighted by Crippen LogP contribution is 2.25. The summed E-state index contributed by atoms with van der Waals surface area (Å²) in [6.45, 7) is 7.52. The first-order chi connectivity index (χ1) is 8.61. The second-order valence-electron chi connectivity index (χ2n) is 5.31. The van der Waals surface area contributed by atoms with E-state index in [0.29, 0.717) is 17.8 Å². The molecule has 18 heavy (non-hydrogen) atoms. The van der Waals surface area contributed by atoms with Crippen molar-refractivity contribution in [1.29, 1.82) is 0 Å². The van der Waals surface area contributed by atoms with Crippen LogP contribution in [0.2, 0.25) is 0 Å². The van der Waals surface area contributed by atoms with Crippen LogP contribution in [0.3, 0.4) is 0 Å². The first-order valence-corrected chi connectivity index (χ1v) is 6.74. The van der Waals surface area contributed by atoms with Gasteiger partial charge in [-0.05, 0) is 26.2 Å². The lowest BCUT2D eigenvalue weighted by Gasteiger charge is -2.34. The molecule has 1 fully saturated rings. The molecule has 0 saturated carbocycles. The number of anilines is 2. The minimum Gasteiger partial charge on any atom is -0.354 e. The lowest BCUT2D eigenvalue weighted by molar-refractivity contribution is 0.480. The van der Waals surface area contributed by atoms with Crippen molar-refractivity contribution in [1.82, 2.24) is 9.97 Å². The van der Waals surface area contributed by atoms with Gasteiger partial charge in [0.05, 0.1) is 0 Å². The van der Waals surface area contributed by atoms with E-state index < -0.39 is 0 Å². The van der Waals surface area contributed by atoms with Gasteiger partial charge >= 0.3 is 0 Å². The Kier molecular flexibility index (Phi) is 4.01. The van der Waals surface area contributed by atoms with Crippen LogP contribution in [-0.4, -0.2) is 22.6 Å². The van der Waals surface area contributed by atoms with Crippen molar-refractivity contribution in [2.24, 2.45) is 5.84 Å². The first kappa shape index (κ1) is 13.1. The molecule has 5 heteroatoms. The molecule has 100 valence electrons. The molecule has 1 aromatic rings. The van der Waals surface area contributed by atoms with Gasteiger partial charge in [-0.25, -0.2) is 15.8 Å². The third kappa shape index (κ3) is 2.72. The summed E-state index contributed by atoms with van der Waals surface area (Å²) >= 11 is 0. The molecule has 0 spiro atoms. The number of hydrogen-bond donors (Lipinski definition) is 2. The quantitative estimate of drug-likeness (QED) is 0.635. The average molecular weight is 249 g/mol. The molecule has 0 aliphatic carbocycles. The summed E-state index contributed by atoms with van der Waals surface area (Å²) < 4.78 is 0. The zero-order valence-corrected chi connectivity index (χ0v) is 11.5. The van der Waals surface area contributed by atoms with Crippen molar-refractivity contribution in [3.8, 4) is 0 Å². The molecule has 1 saturated heterocycles. The number of nitrogens with one attached hydrogen (secondary N) is 1. The topological polar surface area (TPSA) is 67.1 Å². The Labute approximate surface area is 109 Å². The zero-order valence-electron chi connectivity index (χ0n) is 11.5. The molecule has 0 bridgehead atoms. The van der Waals surface area contributed by atoms with Crippen molar-refractivity contribution in [3.05, 3.63) is 11.9 Å². The van der Waals surface area contributed by atoms with Crippen molar-refractivity contribution >= 4 is 11.6 Å². The molecule has 0 amide bonds. The standard InChI is InChI=1S/C13H23N5/c1-9(2)13-15-11(17-14)8-12(16-13)18-7-5-4-6-10(18)3/h8-10H,4-7,14H2,1-3H3,(H,15,16,17). The van der Waals surface area contributed by atoms with Gasteiger partial charge in [0.2, 0.25) is 0 Å². The highest BCUT2D eigenvalue weighted by molar-refractivity contribution is 5.50. The number of nitrogen functional groups attached to an aromatic ring is 1. The number of hydrazine groups is 1. The maximum absolute atomic E-state index is 5.49. The predicted octanol–water partition coefficient (Wildman–Crippen LogP) is 2.26. The maximum atomic E-state index is 5.49. The fourth-order valence-electron chi connectivity index (χ4n) is 2.37. The van der Waals surface area contributed by atoms with Crippen LogP contribution in [0.15, 0.2) is 6.07 Å². The van der Waals surface area contributed by atoms with Crippen LogP contribution in [0.4, 0.5) is 11.6 Å². The number of nitrogens with two attached hydrogens (primary N) is 1. The third-order valence-electron chi connectivity index (χ3n) is 3.49. The maximum Gasteiger partial charge on any atom is 0.145 e. The minimum absolute atomic E-state index is 0.303. The fraction of sp³-hybridized carbons (Fsp3) is 0.692. The second-order valence-corrected chi connectivity index (χ2v) is 5.31. The average Bonchev–Trinajstić information content (AvgIpc) is 2.38. The van der Waals surface area contributed by atoms with Gasteiger partial charge in [-0.3, -0.25) is 0 Å². The smallest absolute Gasteiger partial charge is 0.145 e. The van der Waals surface area contributed by atoms with Gasteiger partial charge in [0.25, 0.3) is 0 Å². The Hall–Kier alpha value is -1.36. The van der Waals surface area contributed by atoms with E-state index in [4.69, 9.17) is 5.84 Å². The molecule has 0 radical (unpaired) electrons. The van der Waals surface area contributed by atoms with Gasteiger partial charge in [-0.15, -0.1) is 0 Å². The molecule has 1 atom stereocenters. The number of aromatic nitrogens is 2. The van der Waals surface area contributed by atoms with Crippen molar-refractivity contribution < 1.29 is 0 Å². The van der Waals surface area contributed by atoms with Crippen LogP contribution in [0, 0.1) is 0 Å². The highest BCUT2D eigenvalue weighted by Gasteiger charge is 2.21. The van der Waals surface area contributed by atoms with E-state index in [9.17, 15) is 0 Å². The lowest BCUT2D eigenvalue weighted by atomic mass is 10.0. The monoisotopic (exact) mass is 249 g/mol. The Morgan fingerprint density at radius 2 is 2.17 bits per heavy atom. The number of nitrogens with zero attached hydrogens (tertiary/aromatic N) is 3. The molecule has 1 unspecified atom stereocenters. The van der Waals surface area contributed by atoms with E-state index in [2.05, 4.69) is 41.1 Å². The van der Waals surface area contributed by atoms with Gasteiger partial charge in [0.15, 0.2) is 0 Å². The first-order valence-electron chi connectivity index (χ1n) is 6.74. The zero-order chi connectivity index (χ0) is 13.1. The number of rotatable bonds is 3. The lowest BCUT2D eigenvalue weighted by Crippen LogP contribution is -2.38. The molecule has 5 nitrogen and oxygen atoms in total. The Morgan fingerprint density at radius 1 is 1.39 bits per heavy atom. The summed E-state index contributed by atoms with van der Waals surface area (Å²) in [4.78, 5) is 11.4. The van der Waals surface area contributed by atoms with Gasteiger partial charge in [-0.2, -0.15) is 0 Å². The number of hydrogen-bond acceptors (Lipinski definition) is 5. The summed E-state index contributed by atoms with van der Waals surface area (Å²) in [7, 11) is 0. The predicted molar refractivity (Wildman–Crippen MR) is 74.6 cm³/mol. The minimum atomic E-state index is 0.303. The van der Waals surface area contributed by atoms with E-state index in [1.807, 2.05) is 6.07 Å². The molecule has 3 N–H and O–H groups in total. The molecule has 2 rings (SSSR count). The highest BCUT2D eigenvalue weighted by atomic mass is 15.3. The third-order valence-corrected chi connectivity index (χ3v) is 3.49. The SMILES string of the molecule is CC(C)c1nc(NN)cc(N2CCCCC2C)n1. The molecular formula is C13H23N5. The van der Waals surface area contributed by atoms with Crippen LogP contribution in [0.25, 0.3) is 0 Å².